The molecule has 2 nitrogen and oxygen atoms in total. The molecule has 0 aliphatic carbocycles. The smallest absolute Gasteiger partial charge is 0.350 e. The highest BCUT2D eigenvalue weighted by molar-refractivity contribution is 6.73. The van der Waals surface area contributed by atoms with E-state index in [1.807, 2.05) is 6.55 Å². The van der Waals surface area contributed by atoms with Gasteiger partial charge in [0.05, 0.1) is 5.50 Å². The van der Waals surface area contributed by atoms with Crippen LogP contribution in [0.15, 0.2) is 0 Å². The Morgan fingerprint density at radius 1 is 1.00 bits per heavy atom. The first-order valence-corrected chi connectivity index (χ1v) is 8.58. The predicted molar refractivity (Wildman–Crippen MR) is 64.1 cm³/mol. The molecule has 0 amide bonds. The molecule has 0 bridgehead atoms. The van der Waals surface area contributed by atoms with Crippen LogP contribution in [-0.4, -0.2) is 27.3 Å². The fraction of sp³-hybridized carbons (Fsp3) is 1.00. The molecule has 0 fully saturated rings. The molecule has 0 saturated heterocycles. The van der Waals surface area contributed by atoms with Gasteiger partial charge in [-0.15, -0.1) is 11.6 Å². The molecule has 0 heterocycles. The van der Waals surface area contributed by atoms with E-state index in [-0.39, 0.29) is 0 Å². The molecule has 0 aromatic rings. The highest BCUT2D eigenvalue weighted by Gasteiger charge is 2.29. The van der Waals surface area contributed by atoms with Gasteiger partial charge in [-0.3, -0.25) is 0 Å². The molecule has 0 N–H and O–H groups in total. The lowest BCUT2D eigenvalue weighted by Gasteiger charge is -2.24. The second-order valence-electron chi connectivity index (χ2n) is 3.67. The summed E-state index contributed by atoms with van der Waals surface area (Å²) in [7, 11) is -2.03. The summed E-state index contributed by atoms with van der Waals surface area (Å²) in [6.45, 7) is 7.93. The fourth-order valence-electron chi connectivity index (χ4n) is 0.984. The molecule has 0 spiro atoms. The van der Waals surface area contributed by atoms with Gasteiger partial charge in [0.1, 0.15) is 0 Å². The first kappa shape index (κ1) is 14.4. The lowest BCUT2D eigenvalue weighted by molar-refractivity contribution is 0.173. The van der Waals surface area contributed by atoms with Crippen molar-refractivity contribution in [1.82, 2.24) is 0 Å². The summed E-state index contributed by atoms with van der Waals surface area (Å²) in [4.78, 5) is 0. The van der Waals surface area contributed by atoms with Crippen LogP contribution in [0.2, 0.25) is 6.55 Å². The maximum Gasteiger partial charge on any atom is 0.350 e. The predicted octanol–water partition coefficient (Wildman–Crippen LogP) is 3.47. The molecule has 0 saturated carbocycles. The number of halogens is 1. The van der Waals surface area contributed by atoms with Crippen molar-refractivity contribution in [1.29, 1.82) is 0 Å². The van der Waals surface area contributed by atoms with Crippen molar-refractivity contribution >= 4 is 20.2 Å². The lowest BCUT2D eigenvalue weighted by atomic mass is 10.4. The number of hydrogen-bond acceptors (Lipinski definition) is 2. The lowest BCUT2D eigenvalue weighted by Crippen LogP contribution is -2.42. The molecule has 14 heavy (non-hydrogen) atoms. The summed E-state index contributed by atoms with van der Waals surface area (Å²) >= 11 is 5.88. The molecule has 0 atom stereocenters. The molecule has 0 aromatic heterocycles. The van der Waals surface area contributed by atoms with Crippen LogP contribution >= 0.6 is 11.6 Å². The zero-order valence-electron chi connectivity index (χ0n) is 9.64. The van der Waals surface area contributed by atoms with Crippen molar-refractivity contribution in [3.63, 3.8) is 0 Å². The van der Waals surface area contributed by atoms with Gasteiger partial charge in [0.15, 0.2) is 0 Å². The average Bonchev–Trinajstić information content (AvgIpc) is 2.19. The molecule has 0 aromatic carbocycles. The van der Waals surface area contributed by atoms with E-state index < -0.39 is 8.56 Å². The van der Waals surface area contributed by atoms with E-state index in [0.29, 0.717) is 5.50 Å². The SMILES string of the molecule is CCCCO[Si](C)(CCl)OCCCC. The highest BCUT2D eigenvalue weighted by Crippen LogP contribution is 2.11. The molecule has 86 valence electrons. The van der Waals surface area contributed by atoms with Crippen molar-refractivity contribution in [2.24, 2.45) is 0 Å². The van der Waals surface area contributed by atoms with Crippen LogP contribution in [0.1, 0.15) is 39.5 Å². The minimum atomic E-state index is -2.03. The van der Waals surface area contributed by atoms with Crippen molar-refractivity contribution in [2.75, 3.05) is 18.7 Å². The minimum absolute atomic E-state index is 0.528. The standard InChI is InChI=1S/C10H23ClO2Si/c1-4-6-8-12-14(3,10-11)13-9-7-5-2/h4-10H2,1-3H3. The van der Waals surface area contributed by atoms with E-state index >= 15 is 0 Å². The van der Waals surface area contributed by atoms with Crippen LogP contribution in [0.4, 0.5) is 0 Å². The van der Waals surface area contributed by atoms with Gasteiger partial charge in [-0.25, -0.2) is 0 Å². The molecule has 0 radical (unpaired) electrons. The Bertz CT molecular complexity index is 123. The Kier molecular flexibility index (Phi) is 8.98. The average molecular weight is 239 g/mol. The van der Waals surface area contributed by atoms with Gasteiger partial charge in [0.25, 0.3) is 0 Å². The molecule has 4 heteroatoms. The van der Waals surface area contributed by atoms with Gasteiger partial charge in [-0.1, -0.05) is 26.7 Å². The summed E-state index contributed by atoms with van der Waals surface area (Å²) in [5.74, 6) is 0. The zero-order chi connectivity index (χ0) is 10.9. The first-order chi connectivity index (χ1) is 6.68. The van der Waals surface area contributed by atoms with Gasteiger partial charge in [-0.2, -0.15) is 0 Å². The maximum atomic E-state index is 5.88. The molecule has 0 aliphatic heterocycles. The second kappa shape index (κ2) is 8.71. The van der Waals surface area contributed by atoms with Gasteiger partial charge < -0.3 is 8.85 Å². The Morgan fingerprint density at radius 2 is 1.43 bits per heavy atom. The summed E-state index contributed by atoms with van der Waals surface area (Å²) < 4.78 is 11.5. The van der Waals surface area contributed by atoms with E-state index in [1.54, 1.807) is 0 Å². The molecule has 0 rings (SSSR count). The van der Waals surface area contributed by atoms with E-state index in [9.17, 15) is 0 Å². The van der Waals surface area contributed by atoms with Crippen LogP contribution in [0.25, 0.3) is 0 Å². The normalized spacial score (nSPS) is 12.0. The van der Waals surface area contributed by atoms with E-state index in [0.717, 1.165) is 38.9 Å². The number of unbranched alkanes of at least 4 members (excludes halogenated alkanes) is 2. The van der Waals surface area contributed by atoms with Crippen LogP contribution in [0.5, 0.6) is 0 Å². The third-order valence-electron chi connectivity index (χ3n) is 2.05. The van der Waals surface area contributed by atoms with Gasteiger partial charge in [0.2, 0.25) is 0 Å². The van der Waals surface area contributed by atoms with Crippen LogP contribution < -0.4 is 0 Å². The Labute approximate surface area is 94.2 Å². The first-order valence-electron chi connectivity index (χ1n) is 5.52. The van der Waals surface area contributed by atoms with Crippen molar-refractivity contribution in [3.05, 3.63) is 0 Å². The van der Waals surface area contributed by atoms with Crippen molar-refractivity contribution < 1.29 is 8.85 Å². The molecule has 0 aliphatic rings. The molecular formula is C10H23ClO2Si. The zero-order valence-corrected chi connectivity index (χ0v) is 11.4. The minimum Gasteiger partial charge on any atom is -0.394 e. The van der Waals surface area contributed by atoms with Crippen LogP contribution in [0, 0.1) is 0 Å². The van der Waals surface area contributed by atoms with Gasteiger partial charge in [0, 0.05) is 13.2 Å². The third-order valence-corrected chi connectivity index (χ3v) is 5.62. The van der Waals surface area contributed by atoms with Crippen molar-refractivity contribution in [3.8, 4) is 0 Å². The van der Waals surface area contributed by atoms with E-state index in [4.69, 9.17) is 20.5 Å². The maximum absolute atomic E-state index is 5.88. The Hall–Kier alpha value is 0.427. The fourth-order valence-corrected chi connectivity index (χ4v) is 2.84. The van der Waals surface area contributed by atoms with Gasteiger partial charge in [-0.05, 0) is 19.4 Å². The summed E-state index contributed by atoms with van der Waals surface area (Å²) in [5, 5.41) is 0. The van der Waals surface area contributed by atoms with E-state index in [2.05, 4.69) is 13.8 Å². The number of rotatable bonds is 9. The molecule has 0 unspecified atom stereocenters. The van der Waals surface area contributed by atoms with Gasteiger partial charge >= 0.3 is 8.56 Å². The number of hydrogen-bond donors (Lipinski definition) is 0. The number of alkyl halides is 1. The monoisotopic (exact) mass is 238 g/mol. The van der Waals surface area contributed by atoms with E-state index in [1.165, 1.54) is 0 Å². The summed E-state index contributed by atoms with van der Waals surface area (Å²) in [5.41, 5.74) is 0.528. The van der Waals surface area contributed by atoms with Crippen molar-refractivity contribution in [2.45, 2.75) is 46.1 Å². The highest BCUT2D eigenvalue weighted by atomic mass is 35.5. The largest absolute Gasteiger partial charge is 0.394 e. The third kappa shape index (κ3) is 6.82. The quantitative estimate of drug-likeness (QED) is 0.348. The Morgan fingerprint density at radius 3 is 1.71 bits per heavy atom. The van der Waals surface area contributed by atoms with Crippen LogP contribution in [-0.2, 0) is 8.85 Å². The summed E-state index contributed by atoms with van der Waals surface area (Å²) in [6, 6.07) is 0. The Balaban J connectivity index is 3.67. The summed E-state index contributed by atoms with van der Waals surface area (Å²) in [6.07, 6.45) is 4.50. The van der Waals surface area contributed by atoms with Crippen LogP contribution in [0.3, 0.4) is 0 Å². The second-order valence-corrected chi connectivity index (χ2v) is 7.59. The topological polar surface area (TPSA) is 18.5 Å². The molecular weight excluding hydrogens is 216 g/mol.